The zero-order valence-electron chi connectivity index (χ0n) is 18.6. The second-order valence-electron chi connectivity index (χ2n) is 7.80. The highest BCUT2D eigenvalue weighted by atomic mass is 16.5. The summed E-state index contributed by atoms with van der Waals surface area (Å²) in [6.45, 7) is 6.77. The van der Waals surface area contributed by atoms with Crippen LogP contribution in [0.5, 0.6) is 5.75 Å². The monoisotopic (exact) mass is 412 g/mol. The van der Waals surface area contributed by atoms with E-state index in [9.17, 15) is 0 Å². The molecule has 7 nitrogen and oxygen atoms in total. The number of benzene rings is 1. The van der Waals surface area contributed by atoms with E-state index in [1.165, 1.54) is 30.4 Å². The van der Waals surface area contributed by atoms with Gasteiger partial charge in [-0.05, 0) is 62.5 Å². The van der Waals surface area contributed by atoms with Gasteiger partial charge in [0.25, 0.3) is 0 Å². The van der Waals surface area contributed by atoms with E-state index in [0.29, 0.717) is 0 Å². The molecule has 1 fully saturated rings. The van der Waals surface area contributed by atoms with Crippen molar-refractivity contribution in [3.8, 4) is 5.75 Å². The maximum atomic E-state index is 5.34. The zero-order chi connectivity index (χ0) is 21.2. The van der Waals surface area contributed by atoms with Gasteiger partial charge in [-0.15, -0.1) is 0 Å². The van der Waals surface area contributed by atoms with Gasteiger partial charge in [-0.25, -0.2) is 0 Å². The summed E-state index contributed by atoms with van der Waals surface area (Å²) >= 11 is 0. The SMILES string of the molecule is CCNC(=NCC(c1ccc(OC)cc1)N1CCCCC1)NCCc1cnn(C)c1. The Bertz CT molecular complexity index is 779. The molecule has 1 aliphatic heterocycles. The Labute approximate surface area is 180 Å². The fourth-order valence-electron chi connectivity index (χ4n) is 3.93. The third-order valence-corrected chi connectivity index (χ3v) is 5.56. The molecular weight excluding hydrogens is 376 g/mol. The van der Waals surface area contributed by atoms with Crippen LogP contribution in [-0.4, -0.2) is 60.5 Å². The van der Waals surface area contributed by atoms with Crippen LogP contribution in [0.3, 0.4) is 0 Å². The maximum absolute atomic E-state index is 5.34. The molecule has 1 aliphatic rings. The predicted molar refractivity (Wildman–Crippen MR) is 122 cm³/mol. The molecule has 3 rings (SSSR count). The highest BCUT2D eigenvalue weighted by Crippen LogP contribution is 2.26. The number of piperidine rings is 1. The Balaban J connectivity index is 1.66. The first kappa shape index (κ1) is 22.2. The Morgan fingerprint density at radius 3 is 2.57 bits per heavy atom. The van der Waals surface area contributed by atoms with Crippen molar-refractivity contribution in [2.24, 2.45) is 12.0 Å². The molecule has 1 unspecified atom stereocenters. The van der Waals surface area contributed by atoms with Crippen LogP contribution in [0.1, 0.15) is 43.4 Å². The lowest BCUT2D eigenvalue weighted by Crippen LogP contribution is -2.40. The number of aromatic nitrogens is 2. The Hall–Kier alpha value is -2.54. The van der Waals surface area contributed by atoms with Crippen LogP contribution in [0.4, 0.5) is 0 Å². The van der Waals surface area contributed by atoms with Crippen molar-refractivity contribution in [2.75, 3.05) is 39.8 Å². The van der Waals surface area contributed by atoms with Crippen LogP contribution in [0, 0.1) is 0 Å². The van der Waals surface area contributed by atoms with Gasteiger partial charge in [0, 0.05) is 26.3 Å². The van der Waals surface area contributed by atoms with Gasteiger partial charge in [-0.3, -0.25) is 14.6 Å². The summed E-state index contributed by atoms with van der Waals surface area (Å²) in [6, 6.07) is 8.73. The van der Waals surface area contributed by atoms with Crippen LogP contribution >= 0.6 is 0 Å². The average molecular weight is 413 g/mol. The first-order valence-electron chi connectivity index (χ1n) is 11.1. The molecule has 2 N–H and O–H groups in total. The van der Waals surface area contributed by atoms with Gasteiger partial charge in [0.2, 0.25) is 0 Å². The smallest absolute Gasteiger partial charge is 0.191 e. The number of likely N-dealkylation sites (tertiary alicyclic amines) is 1. The van der Waals surface area contributed by atoms with E-state index in [1.807, 2.05) is 30.1 Å². The minimum atomic E-state index is 0.282. The van der Waals surface area contributed by atoms with Crippen molar-refractivity contribution < 1.29 is 4.74 Å². The topological polar surface area (TPSA) is 66.7 Å². The Morgan fingerprint density at radius 2 is 1.93 bits per heavy atom. The van der Waals surface area contributed by atoms with Crippen molar-refractivity contribution in [1.29, 1.82) is 0 Å². The molecule has 0 radical (unpaired) electrons. The van der Waals surface area contributed by atoms with Crippen LogP contribution < -0.4 is 15.4 Å². The van der Waals surface area contributed by atoms with Gasteiger partial charge in [-0.1, -0.05) is 18.6 Å². The van der Waals surface area contributed by atoms with Crippen LogP contribution in [0.25, 0.3) is 0 Å². The Morgan fingerprint density at radius 1 is 1.17 bits per heavy atom. The van der Waals surface area contributed by atoms with Gasteiger partial charge in [-0.2, -0.15) is 5.10 Å². The lowest BCUT2D eigenvalue weighted by Gasteiger charge is -2.34. The minimum absolute atomic E-state index is 0.282. The summed E-state index contributed by atoms with van der Waals surface area (Å²) < 4.78 is 7.18. The molecule has 2 aromatic rings. The molecule has 0 amide bonds. The van der Waals surface area contributed by atoms with Crippen LogP contribution in [0.15, 0.2) is 41.7 Å². The summed E-state index contributed by atoms with van der Waals surface area (Å²) in [5.41, 5.74) is 2.53. The van der Waals surface area contributed by atoms with Crippen molar-refractivity contribution >= 4 is 5.96 Å². The van der Waals surface area contributed by atoms with E-state index >= 15 is 0 Å². The number of hydrogen-bond acceptors (Lipinski definition) is 4. The van der Waals surface area contributed by atoms with Gasteiger partial charge in [0.15, 0.2) is 5.96 Å². The standard InChI is InChI=1S/C23H36N6O/c1-4-24-23(25-13-12-19-16-27-28(2)18-19)26-17-22(29-14-6-5-7-15-29)20-8-10-21(30-3)11-9-20/h8-11,16,18,22H,4-7,12-15,17H2,1-3H3,(H2,24,25,26). The number of hydrogen-bond donors (Lipinski definition) is 2. The number of nitrogens with zero attached hydrogens (tertiary/aromatic N) is 4. The summed E-state index contributed by atoms with van der Waals surface area (Å²) in [6.07, 6.45) is 8.75. The van der Waals surface area contributed by atoms with Crippen LogP contribution in [0.2, 0.25) is 0 Å². The lowest BCUT2D eigenvalue weighted by molar-refractivity contribution is 0.167. The molecule has 1 atom stereocenters. The van der Waals surface area contributed by atoms with E-state index in [2.05, 4.69) is 45.9 Å². The van der Waals surface area contributed by atoms with E-state index in [4.69, 9.17) is 9.73 Å². The van der Waals surface area contributed by atoms with Gasteiger partial charge in [0.1, 0.15) is 5.75 Å². The van der Waals surface area contributed by atoms with Gasteiger partial charge >= 0.3 is 0 Å². The molecule has 164 valence electrons. The molecule has 0 spiro atoms. The fourth-order valence-corrected chi connectivity index (χ4v) is 3.93. The van der Waals surface area contributed by atoms with Crippen molar-refractivity contribution in [2.45, 2.75) is 38.6 Å². The summed E-state index contributed by atoms with van der Waals surface area (Å²) in [4.78, 5) is 7.52. The molecular formula is C23H36N6O. The highest BCUT2D eigenvalue weighted by Gasteiger charge is 2.22. The number of rotatable bonds is 9. The van der Waals surface area contributed by atoms with E-state index in [-0.39, 0.29) is 6.04 Å². The van der Waals surface area contributed by atoms with Gasteiger partial charge < -0.3 is 15.4 Å². The summed E-state index contributed by atoms with van der Waals surface area (Å²) in [5.74, 6) is 1.77. The molecule has 1 saturated heterocycles. The zero-order valence-corrected chi connectivity index (χ0v) is 18.6. The lowest BCUT2D eigenvalue weighted by atomic mass is 10.0. The first-order chi connectivity index (χ1) is 14.7. The molecule has 7 heteroatoms. The second kappa shape index (κ2) is 11.6. The first-order valence-corrected chi connectivity index (χ1v) is 11.1. The van der Waals surface area contributed by atoms with Crippen molar-refractivity contribution in [1.82, 2.24) is 25.3 Å². The number of aryl methyl sites for hydroxylation is 1. The van der Waals surface area contributed by atoms with Crippen molar-refractivity contribution in [3.63, 3.8) is 0 Å². The Kier molecular flexibility index (Phi) is 8.56. The van der Waals surface area contributed by atoms with E-state index in [1.54, 1.807) is 7.11 Å². The van der Waals surface area contributed by atoms with Crippen LogP contribution in [-0.2, 0) is 13.5 Å². The molecule has 1 aromatic carbocycles. The largest absolute Gasteiger partial charge is 0.497 e. The number of ether oxygens (including phenoxy) is 1. The number of aliphatic imine (C=N–C) groups is 1. The second-order valence-corrected chi connectivity index (χ2v) is 7.80. The predicted octanol–water partition coefficient (Wildman–Crippen LogP) is 2.75. The number of guanidine groups is 1. The summed E-state index contributed by atoms with van der Waals surface area (Å²) in [5, 5.41) is 11.1. The van der Waals surface area contributed by atoms with E-state index in [0.717, 1.165) is 50.9 Å². The summed E-state index contributed by atoms with van der Waals surface area (Å²) in [7, 11) is 3.66. The molecule has 0 bridgehead atoms. The molecule has 1 aromatic heterocycles. The quantitative estimate of drug-likeness (QED) is 0.490. The maximum Gasteiger partial charge on any atom is 0.191 e. The van der Waals surface area contributed by atoms with Gasteiger partial charge in [0.05, 0.1) is 25.9 Å². The third-order valence-electron chi connectivity index (χ3n) is 5.56. The average Bonchev–Trinajstić information content (AvgIpc) is 3.20. The molecule has 0 aliphatic carbocycles. The van der Waals surface area contributed by atoms with E-state index < -0.39 is 0 Å². The fraction of sp³-hybridized carbons (Fsp3) is 0.565. The minimum Gasteiger partial charge on any atom is -0.497 e. The molecule has 0 saturated carbocycles. The normalized spacial score (nSPS) is 16.3. The third kappa shape index (κ3) is 6.49. The highest BCUT2D eigenvalue weighted by molar-refractivity contribution is 5.79. The molecule has 30 heavy (non-hydrogen) atoms. The number of methoxy groups -OCH3 is 1. The number of nitrogens with one attached hydrogen (secondary N) is 2. The molecule has 2 heterocycles. The van der Waals surface area contributed by atoms with Crippen molar-refractivity contribution in [3.05, 3.63) is 47.8 Å².